The van der Waals surface area contributed by atoms with Crippen LogP contribution in [0, 0.1) is 0 Å². The highest BCUT2D eigenvalue weighted by atomic mass is 16.3. The van der Waals surface area contributed by atoms with Crippen molar-refractivity contribution in [2.45, 2.75) is 78.6 Å². The van der Waals surface area contributed by atoms with Gasteiger partial charge in [-0.15, -0.1) is 0 Å². The minimum Gasteiger partial charge on any atom is -0.508 e. The number of imidazole rings is 1. The number of hydrogen-bond donors (Lipinski definition) is 3. The summed E-state index contributed by atoms with van der Waals surface area (Å²) in [5, 5.41) is 10.4. The van der Waals surface area contributed by atoms with E-state index in [0.717, 1.165) is 0 Å². The van der Waals surface area contributed by atoms with Crippen LogP contribution in [-0.2, 0) is 16.2 Å². The Labute approximate surface area is 199 Å². The lowest BCUT2D eigenvalue weighted by Crippen LogP contribution is -2.10. The van der Waals surface area contributed by atoms with Gasteiger partial charge in [0.15, 0.2) is 0 Å². The van der Waals surface area contributed by atoms with Crippen LogP contribution in [-0.4, -0.2) is 20.1 Å². The number of phenolic OH excluding ortho intramolecular Hbond substituents is 1. The summed E-state index contributed by atoms with van der Waals surface area (Å²) in [7, 11) is 0. The Morgan fingerprint density at radius 3 is 1.76 bits per heavy atom. The fraction of sp³-hybridized carbons (Fsp3) is 0.414. The fourth-order valence-corrected chi connectivity index (χ4v) is 3.32. The molecule has 0 atom stereocenters. The summed E-state index contributed by atoms with van der Waals surface area (Å²) in [5.41, 5.74) is 5.65. The summed E-state index contributed by atoms with van der Waals surface area (Å²) in [6.07, 6.45) is 5.69. The molecule has 0 unspecified atom stereocenters. The molecule has 0 aliphatic heterocycles. The molecule has 4 heteroatoms. The molecular formula is C29H41N3O. The van der Waals surface area contributed by atoms with Crippen molar-refractivity contribution in [2.75, 3.05) is 0 Å². The van der Waals surface area contributed by atoms with E-state index in [0.29, 0.717) is 5.75 Å². The number of rotatable bonds is 0. The molecule has 0 aliphatic carbocycles. The molecule has 0 spiro atoms. The van der Waals surface area contributed by atoms with Gasteiger partial charge < -0.3 is 15.1 Å². The monoisotopic (exact) mass is 447 g/mol. The summed E-state index contributed by atoms with van der Waals surface area (Å²) in [6.45, 7) is 19.6. The molecule has 4 nitrogen and oxygen atoms in total. The van der Waals surface area contributed by atoms with Crippen molar-refractivity contribution in [3.05, 3.63) is 84.1 Å². The van der Waals surface area contributed by atoms with Crippen molar-refractivity contribution < 1.29 is 5.11 Å². The van der Waals surface area contributed by atoms with E-state index in [-0.39, 0.29) is 16.2 Å². The molecule has 0 fully saturated rings. The zero-order valence-corrected chi connectivity index (χ0v) is 21.7. The maximum absolute atomic E-state index is 9.02. The molecule has 33 heavy (non-hydrogen) atoms. The molecule has 4 rings (SSSR count). The van der Waals surface area contributed by atoms with Crippen LogP contribution >= 0.6 is 0 Å². The van der Waals surface area contributed by atoms with Crippen molar-refractivity contribution in [1.29, 1.82) is 0 Å². The first-order valence-corrected chi connectivity index (χ1v) is 11.5. The Hall–Kier alpha value is -3.01. The van der Waals surface area contributed by atoms with Crippen LogP contribution in [0.1, 0.15) is 79.1 Å². The van der Waals surface area contributed by atoms with E-state index in [2.05, 4.69) is 108 Å². The van der Waals surface area contributed by atoms with Gasteiger partial charge in [0.2, 0.25) is 0 Å². The van der Waals surface area contributed by atoms with Crippen molar-refractivity contribution >= 4 is 10.9 Å². The third-order valence-electron chi connectivity index (χ3n) is 5.44. The highest BCUT2D eigenvalue weighted by Gasteiger charge is 2.17. The minimum absolute atomic E-state index is 0.174. The zero-order valence-electron chi connectivity index (χ0n) is 21.7. The SMILES string of the molecule is CC(C)(C)c1c[nH]c2ccccc12.CC(C)(C)c1ccc(O)cc1.CC(C)(C)c1cnc[nH]1. The van der Waals surface area contributed by atoms with Gasteiger partial charge in [0, 0.05) is 34.4 Å². The van der Waals surface area contributed by atoms with Crippen LogP contribution in [0.3, 0.4) is 0 Å². The van der Waals surface area contributed by atoms with Crippen molar-refractivity contribution in [1.82, 2.24) is 15.0 Å². The van der Waals surface area contributed by atoms with E-state index < -0.39 is 0 Å². The molecule has 0 saturated carbocycles. The fourth-order valence-electron chi connectivity index (χ4n) is 3.32. The normalized spacial score (nSPS) is 11.9. The Morgan fingerprint density at radius 1 is 0.697 bits per heavy atom. The molecular weight excluding hydrogens is 406 g/mol. The summed E-state index contributed by atoms with van der Waals surface area (Å²) in [4.78, 5) is 10.3. The lowest BCUT2D eigenvalue weighted by Gasteiger charge is -2.18. The third kappa shape index (κ3) is 7.81. The topological polar surface area (TPSA) is 64.7 Å². The quantitative estimate of drug-likeness (QED) is 0.257. The second-order valence-electron chi connectivity index (χ2n) is 11.5. The number of nitrogens with zero attached hydrogens (tertiary/aromatic N) is 1. The first-order valence-electron chi connectivity index (χ1n) is 11.5. The molecule has 0 bridgehead atoms. The number of benzene rings is 2. The average Bonchev–Trinajstić information content (AvgIpc) is 3.38. The molecule has 0 aliphatic rings. The third-order valence-corrected chi connectivity index (χ3v) is 5.44. The van der Waals surface area contributed by atoms with Crippen LogP contribution in [0.5, 0.6) is 5.75 Å². The van der Waals surface area contributed by atoms with Crippen LogP contribution < -0.4 is 0 Å². The van der Waals surface area contributed by atoms with E-state index in [1.165, 1.54) is 27.7 Å². The second-order valence-corrected chi connectivity index (χ2v) is 11.5. The van der Waals surface area contributed by atoms with Gasteiger partial charge in [-0.1, -0.05) is 92.6 Å². The minimum atomic E-state index is 0.174. The largest absolute Gasteiger partial charge is 0.508 e. The van der Waals surface area contributed by atoms with Gasteiger partial charge in [-0.3, -0.25) is 0 Å². The predicted molar refractivity (Wildman–Crippen MR) is 141 cm³/mol. The smallest absolute Gasteiger partial charge is 0.115 e. The molecule has 3 N–H and O–H groups in total. The predicted octanol–water partition coefficient (Wildman–Crippen LogP) is 7.86. The van der Waals surface area contributed by atoms with Crippen LogP contribution in [0.2, 0.25) is 0 Å². The molecule has 178 valence electrons. The second kappa shape index (κ2) is 10.3. The number of phenols is 1. The lowest BCUT2D eigenvalue weighted by atomic mass is 9.87. The van der Waals surface area contributed by atoms with Gasteiger partial charge in [-0.25, -0.2) is 4.98 Å². The van der Waals surface area contributed by atoms with Crippen LogP contribution in [0.4, 0.5) is 0 Å². The van der Waals surface area contributed by atoms with Crippen LogP contribution in [0.25, 0.3) is 10.9 Å². The van der Waals surface area contributed by atoms with Crippen molar-refractivity contribution in [2.24, 2.45) is 0 Å². The standard InChI is InChI=1S/C12H15N.C10H14O.C7H12N2/c1-12(2,3)10-8-13-11-7-5-4-6-9(10)11;1-10(2,3)8-4-6-9(11)7-5-8;1-7(2,3)6-4-8-5-9-6/h4-8,13H,1-3H3;4-7,11H,1-3H3;4-5H,1-3H3,(H,8,9). The van der Waals surface area contributed by atoms with E-state index in [1.807, 2.05) is 18.3 Å². The van der Waals surface area contributed by atoms with Gasteiger partial charge in [-0.2, -0.15) is 0 Å². The zero-order chi connectivity index (χ0) is 24.9. The Morgan fingerprint density at radius 2 is 1.30 bits per heavy atom. The van der Waals surface area contributed by atoms with E-state index in [1.54, 1.807) is 18.5 Å². The van der Waals surface area contributed by atoms with Gasteiger partial charge in [-0.05, 0) is 40.2 Å². The van der Waals surface area contributed by atoms with Crippen LogP contribution in [0.15, 0.2) is 67.3 Å². The molecule has 0 radical (unpaired) electrons. The van der Waals surface area contributed by atoms with E-state index >= 15 is 0 Å². The molecule has 0 saturated heterocycles. The highest BCUT2D eigenvalue weighted by Crippen LogP contribution is 2.29. The molecule has 0 amide bonds. The first kappa shape index (κ1) is 26.2. The summed E-state index contributed by atoms with van der Waals surface area (Å²) < 4.78 is 0. The molecule has 4 aromatic rings. The molecule has 2 aromatic carbocycles. The van der Waals surface area contributed by atoms with Gasteiger partial charge in [0.05, 0.1) is 6.33 Å². The Kier molecular flexibility index (Phi) is 8.18. The number of hydrogen-bond acceptors (Lipinski definition) is 2. The molecule has 2 heterocycles. The Bertz CT molecular complexity index is 1100. The number of H-pyrrole nitrogens is 2. The van der Waals surface area contributed by atoms with E-state index in [4.69, 9.17) is 5.11 Å². The lowest BCUT2D eigenvalue weighted by molar-refractivity contribution is 0.474. The number of para-hydroxylation sites is 1. The van der Waals surface area contributed by atoms with Gasteiger partial charge in [0.25, 0.3) is 0 Å². The number of aromatic hydroxyl groups is 1. The van der Waals surface area contributed by atoms with Crippen molar-refractivity contribution in [3.8, 4) is 5.75 Å². The number of nitrogens with one attached hydrogen (secondary N) is 2. The number of aromatic amines is 2. The summed E-state index contributed by atoms with van der Waals surface area (Å²) in [5.74, 6) is 0.331. The number of fused-ring (bicyclic) bond motifs is 1. The van der Waals surface area contributed by atoms with Crippen molar-refractivity contribution in [3.63, 3.8) is 0 Å². The first-order chi connectivity index (χ1) is 15.2. The molecule has 2 aromatic heterocycles. The summed E-state index contributed by atoms with van der Waals surface area (Å²) >= 11 is 0. The maximum Gasteiger partial charge on any atom is 0.115 e. The number of aromatic nitrogens is 3. The van der Waals surface area contributed by atoms with Gasteiger partial charge >= 0.3 is 0 Å². The van der Waals surface area contributed by atoms with Gasteiger partial charge in [0.1, 0.15) is 5.75 Å². The average molecular weight is 448 g/mol. The summed E-state index contributed by atoms with van der Waals surface area (Å²) in [6, 6.07) is 15.8. The maximum atomic E-state index is 9.02. The van der Waals surface area contributed by atoms with E-state index in [9.17, 15) is 0 Å². The highest BCUT2D eigenvalue weighted by molar-refractivity contribution is 5.84. The Balaban J connectivity index is 0.000000178.